The van der Waals surface area contributed by atoms with Gasteiger partial charge in [0.25, 0.3) is 0 Å². The van der Waals surface area contributed by atoms with Crippen molar-refractivity contribution >= 4 is 12.2 Å². The average molecular weight is 397 g/mol. The van der Waals surface area contributed by atoms with Gasteiger partial charge < -0.3 is 0 Å². The summed E-state index contributed by atoms with van der Waals surface area (Å²) in [6.07, 6.45) is 30.9. The van der Waals surface area contributed by atoms with Crippen LogP contribution in [0, 0.1) is 10.8 Å². The van der Waals surface area contributed by atoms with E-state index in [1.165, 1.54) is 128 Å². The van der Waals surface area contributed by atoms with E-state index in [1.54, 1.807) is 0 Å². The standard InChI is InChI=1S/C22H46.2CHNO/c1-3-5-7-9-11-13-15-17-19-21-22-20-18-16-14-12-10-8-6-4-2;2*2-1-3/h3-22H2,1-2H3;2*2H. The number of carbonyl (C=O) groups excluding carboxylic acids is 2. The van der Waals surface area contributed by atoms with Gasteiger partial charge in [-0.25, -0.2) is 20.4 Å². The van der Waals surface area contributed by atoms with E-state index in [2.05, 4.69) is 13.8 Å². The SMILES string of the molecule is CCCCCCCCCCCCCCCCCCCCCC.N=C=O.N=C=O. The van der Waals surface area contributed by atoms with E-state index in [4.69, 9.17) is 20.4 Å². The molecule has 0 amide bonds. The maximum absolute atomic E-state index is 8.35. The first kappa shape index (κ1) is 31.5. The summed E-state index contributed by atoms with van der Waals surface area (Å²) in [5.74, 6) is 0. The Kier molecular flexibility index (Phi) is 41.2. The molecule has 0 radical (unpaired) electrons. The quantitative estimate of drug-likeness (QED) is 0.130. The molecule has 0 aromatic heterocycles. The molecule has 0 saturated heterocycles. The Labute approximate surface area is 175 Å². The van der Waals surface area contributed by atoms with Crippen LogP contribution in [0.15, 0.2) is 0 Å². The monoisotopic (exact) mass is 396 g/mol. The van der Waals surface area contributed by atoms with E-state index >= 15 is 0 Å². The van der Waals surface area contributed by atoms with Crippen LogP contribution in [-0.4, -0.2) is 12.2 Å². The molecule has 0 aliphatic carbocycles. The first-order chi connectivity index (χ1) is 13.7. The molecule has 0 fully saturated rings. The largest absolute Gasteiger partial charge is 0.231 e. The Morgan fingerprint density at radius 1 is 0.393 bits per heavy atom. The third-order valence-corrected chi connectivity index (χ3v) is 4.96. The number of hydrogen-bond donors (Lipinski definition) is 2. The molecule has 0 unspecified atom stereocenters. The van der Waals surface area contributed by atoms with Crippen molar-refractivity contribution in [3.8, 4) is 0 Å². The lowest BCUT2D eigenvalue weighted by atomic mass is 10.0. The van der Waals surface area contributed by atoms with E-state index in [-0.39, 0.29) is 0 Å². The highest BCUT2D eigenvalue weighted by atomic mass is 16.1. The maximum atomic E-state index is 8.35. The van der Waals surface area contributed by atoms with Crippen molar-refractivity contribution in [3.63, 3.8) is 0 Å². The molecule has 2 N–H and O–H groups in total. The molecule has 0 aromatic carbocycles. The third kappa shape index (κ3) is 44.3. The lowest BCUT2D eigenvalue weighted by Gasteiger charge is -2.03. The van der Waals surface area contributed by atoms with Gasteiger partial charge >= 0.3 is 0 Å². The van der Waals surface area contributed by atoms with Gasteiger partial charge in [-0.3, -0.25) is 0 Å². The minimum atomic E-state index is 0.750. The summed E-state index contributed by atoms with van der Waals surface area (Å²) < 4.78 is 0. The van der Waals surface area contributed by atoms with E-state index < -0.39 is 0 Å². The van der Waals surface area contributed by atoms with Crippen molar-refractivity contribution in [3.05, 3.63) is 0 Å². The second kappa shape index (κ2) is 36.6. The van der Waals surface area contributed by atoms with Crippen LogP contribution < -0.4 is 0 Å². The van der Waals surface area contributed by atoms with Crippen LogP contribution in [-0.2, 0) is 9.59 Å². The Morgan fingerprint density at radius 3 is 0.607 bits per heavy atom. The van der Waals surface area contributed by atoms with Gasteiger partial charge in [-0.15, -0.1) is 0 Å². The van der Waals surface area contributed by atoms with Crippen molar-refractivity contribution in [1.29, 1.82) is 10.8 Å². The van der Waals surface area contributed by atoms with Crippen LogP contribution in [0.5, 0.6) is 0 Å². The molecule has 4 nitrogen and oxygen atoms in total. The highest BCUT2D eigenvalue weighted by molar-refractivity contribution is 5.26. The predicted octanol–water partition coefficient (Wildman–Crippen LogP) is 8.63. The first-order valence-electron chi connectivity index (χ1n) is 11.8. The highest BCUT2D eigenvalue weighted by Gasteiger charge is 1.94. The Hall–Kier alpha value is -1.24. The second-order valence-corrected chi connectivity index (χ2v) is 7.57. The smallest absolute Gasteiger partial charge is 0.222 e. The topological polar surface area (TPSA) is 81.8 Å². The second-order valence-electron chi connectivity index (χ2n) is 7.57. The van der Waals surface area contributed by atoms with Gasteiger partial charge in [0.1, 0.15) is 0 Å². The van der Waals surface area contributed by atoms with Crippen molar-refractivity contribution in [2.75, 3.05) is 0 Å². The summed E-state index contributed by atoms with van der Waals surface area (Å²) >= 11 is 0. The molecule has 0 saturated carbocycles. The molecule has 0 aliphatic heterocycles. The van der Waals surface area contributed by atoms with Gasteiger partial charge in [-0.05, 0) is 0 Å². The minimum Gasteiger partial charge on any atom is -0.222 e. The van der Waals surface area contributed by atoms with Gasteiger partial charge in [0.2, 0.25) is 12.2 Å². The molecule has 166 valence electrons. The Morgan fingerprint density at radius 2 is 0.500 bits per heavy atom. The van der Waals surface area contributed by atoms with Gasteiger partial charge in [-0.1, -0.05) is 142 Å². The minimum absolute atomic E-state index is 0.750. The Balaban J connectivity index is -0.000000915. The lowest BCUT2D eigenvalue weighted by molar-refractivity contribution is 0.523. The van der Waals surface area contributed by atoms with Crippen molar-refractivity contribution in [2.24, 2.45) is 0 Å². The number of rotatable bonds is 19. The van der Waals surface area contributed by atoms with Crippen LogP contribution in [0.4, 0.5) is 0 Å². The molecule has 0 heterocycles. The molecular formula is C24H48N2O2. The summed E-state index contributed by atoms with van der Waals surface area (Å²) in [5.41, 5.74) is 0. The van der Waals surface area contributed by atoms with Gasteiger partial charge in [0.15, 0.2) is 0 Å². The summed E-state index contributed by atoms with van der Waals surface area (Å²) in [6.45, 7) is 4.60. The van der Waals surface area contributed by atoms with Crippen molar-refractivity contribution in [2.45, 2.75) is 142 Å². The maximum Gasteiger partial charge on any atom is 0.231 e. The van der Waals surface area contributed by atoms with Gasteiger partial charge in [0, 0.05) is 0 Å². The first-order valence-corrected chi connectivity index (χ1v) is 11.8. The van der Waals surface area contributed by atoms with E-state index in [0.717, 1.165) is 12.2 Å². The van der Waals surface area contributed by atoms with E-state index in [0.29, 0.717) is 0 Å². The molecule has 0 aliphatic rings. The van der Waals surface area contributed by atoms with Gasteiger partial charge in [-0.2, -0.15) is 0 Å². The average Bonchev–Trinajstić information content (AvgIpc) is 2.68. The molecular weight excluding hydrogens is 348 g/mol. The van der Waals surface area contributed by atoms with E-state index in [9.17, 15) is 0 Å². The predicted molar refractivity (Wildman–Crippen MR) is 121 cm³/mol. The molecule has 0 rings (SSSR count). The van der Waals surface area contributed by atoms with Crippen LogP contribution >= 0.6 is 0 Å². The zero-order valence-electron chi connectivity index (χ0n) is 19.0. The molecule has 4 heteroatoms. The van der Waals surface area contributed by atoms with Crippen LogP contribution in [0.2, 0.25) is 0 Å². The van der Waals surface area contributed by atoms with Crippen LogP contribution in [0.1, 0.15) is 142 Å². The molecule has 0 atom stereocenters. The number of unbranched alkanes of at least 4 members (excludes halogenated alkanes) is 19. The number of hydrogen-bond acceptors (Lipinski definition) is 4. The highest BCUT2D eigenvalue weighted by Crippen LogP contribution is 2.14. The fraction of sp³-hybridized carbons (Fsp3) is 0.917. The molecule has 0 aromatic rings. The van der Waals surface area contributed by atoms with Gasteiger partial charge in [0.05, 0.1) is 0 Å². The number of nitrogens with one attached hydrogen (secondary N) is 2. The van der Waals surface area contributed by atoms with E-state index in [1.807, 2.05) is 0 Å². The Bertz CT molecular complexity index is 289. The molecule has 0 spiro atoms. The van der Waals surface area contributed by atoms with Crippen LogP contribution in [0.25, 0.3) is 0 Å². The number of isocyanates is 2. The summed E-state index contributed by atoms with van der Waals surface area (Å²) in [4.78, 5) is 16.7. The summed E-state index contributed by atoms with van der Waals surface area (Å²) in [7, 11) is 0. The fourth-order valence-corrected chi connectivity index (χ4v) is 3.33. The zero-order valence-corrected chi connectivity index (χ0v) is 19.0. The zero-order chi connectivity index (χ0) is 21.6. The van der Waals surface area contributed by atoms with Crippen molar-refractivity contribution in [1.82, 2.24) is 0 Å². The third-order valence-electron chi connectivity index (χ3n) is 4.96. The van der Waals surface area contributed by atoms with Crippen LogP contribution in [0.3, 0.4) is 0 Å². The molecule has 28 heavy (non-hydrogen) atoms. The van der Waals surface area contributed by atoms with Crippen molar-refractivity contribution < 1.29 is 9.59 Å². The summed E-state index contributed by atoms with van der Waals surface area (Å²) in [6, 6.07) is 0. The lowest BCUT2D eigenvalue weighted by Crippen LogP contribution is -1.84. The fourth-order valence-electron chi connectivity index (χ4n) is 3.33. The molecule has 0 bridgehead atoms. The summed E-state index contributed by atoms with van der Waals surface area (Å²) in [5, 5.41) is 10.8. The normalized spacial score (nSPS) is 9.36.